The molecule has 2 amide bonds. The van der Waals surface area contributed by atoms with E-state index in [1.807, 2.05) is 48.7 Å². The highest BCUT2D eigenvalue weighted by Gasteiger charge is 2.27. The van der Waals surface area contributed by atoms with Gasteiger partial charge in [-0.05, 0) is 54.4 Å². The smallest absolute Gasteiger partial charge is 0.253 e. The number of thioether (sulfide) groups is 1. The second-order valence-corrected chi connectivity index (χ2v) is 10.7. The summed E-state index contributed by atoms with van der Waals surface area (Å²) in [5.41, 5.74) is 2.46. The predicted octanol–water partition coefficient (Wildman–Crippen LogP) is 7.39. The van der Waals surface area contributed by atoms with Crippen molar-refractivity contribution in [3.05, 3.63) is 108 Å². The number of hydrogen-bond acceptors (Lipinski definition) is 7. The lowest BCUT2D eigenvalue weighted by Gasteiger charge is -2.23. The molecular formula is C30H30ClN7O2S. The maximum absolute atomic E-state index is 13.0. The molecule has 0 aliphatic carbocycles. The molecule has 0 aliphatic heterocycles. The monoisotopic (exact) mass is 587 g/mol. The average molecular weight is 588 g/mol. The van der Waals surface area contributed by atoms with Gasteiger partial charge in [-0.3, -0.25) is 9.59 Å². The van der Waals surface area contributed by atoms with Gasteiger partial charge in [-0.1, -0.05) is 73.6 Å². The molecule has 0 saturated heterocycles. The first-order chi connectivity index (χ1) is 19.9. The predicted molar refractivity (Wildman–Crippen MR) is 163 cm³/mol. The minimum atomic E-state index is -0.438. The zero-order valence-corrected chi connectivity index (χ0v) is 24.3. The fraction of sp³-hybridized carbons (Fsp3) is 0.200. The van der Waals surface area contributed by atoms with Gasteiger partial charge in [0.05, 0.1) is 33.8 Å². The highest BCUT2D eigenvalue weighted by Crippen LogP contribution is 2.27. The number of carbonyl (C=O) groups is 2. The van der Waals surface area contributed by atoms with Crippen LogP contribution in [-0.2, 0) is 11.3 Å². The molecule has 210 valence electrons. The molecule has 0 bridgehead atoms. The van der Waals surface area contributed by atoms with Crippen LogP contribution in [0.3, 0.4) is 0 Å². The standard InChI is InChI=1S/C30H30ClN7O2S/c1-4-18-38-28(27(20(2)3)33-29(40)24-12-8-9-13-25(24)31)36-37-30(38)41-19-26(39)32-21-14-16-23(17-15-21)35-34-22-10-6-5-7-11-22/h4-17,20,27H,1,18-19H2,2-3H3,(H,32,39)(H,33,40). The normalized spacial score (nSPS) is 11.9. The molecular weight excluding hydrogens is 558 g/mol. The summed E-state index contributed by atoms with van der Waals surface area (Å²) in [4.78, 5) is 25.7. The van der Waals surface area contributed by atoms with Crippen molar-refractivity contribution in [2.45, 2.75) is 31.6 Å². The summed E-state index contributed by atoms with van der Waals surface area (Å²) in [6.07, 6.45) is 1.72. The van der Waals surface area contributed by atoms with Crippen molar-refractivity contribution >= 4 is 52.2 Å². The van der Waals surface area contributed by atoms with E-state index < -0.39 is 6.04 Å². The van der Waals surface area contributed by atoms with Crippen molar-refractivity contribution in [2.75, 3.05) is 11.1 Å². The number of benzene rings is 3. The third-order valence-corrected chi connectivity index (χ3v) is 7.22. The van der Waals surface area contributed by atoms with Crippen molar-refractivity contribution in [3.63, 3.8) is 0 Å². The highest BCUT2D eigenvalue weighted by molar-refractivity contribution is 7.99. The van der Waals surface area contributed by atoms with Crippen LogP contribution in [-0.4, -0.2) is 32.3 Å². The molecule has 0 fully saturated rings. The van der Waals surface area contributed by atoms with Crippen molar-refractivity contribution < 1.29 is 9.59 Å². The van der Waals surface area contributed by atoms with Crippen LogP contribution in [0.25, 0.3) is 0 Å². The van der Waals surface area contributed by atoms with E-state index >= 15 is 0 Å². The number of halogens is 1. The number of aromatic nitrogens is 3. The second-order valence-electron chi connectivity index (χ2n) is 9.33. The minimum Gasteiger partial charge on any atom is -0.342 e. The largest absolute Gasteiger partial charge is 0.342 e. The van der Waals surface area contributed by atoms with E-state index in [0.29, 0.717) is 39.5 Å². The lowest BCUT2D eigenvalue weighted by Crippen LogP contribution is -2.34. The van der Waals surface area contributed by atoms with Gasteiger partial charge < -0.3 is 15.2 Å². The third-order valence-electron chi connectivity index (χ3n) is 5.93. The van der Waals surface area contributed by atoms with Crippen LogP contribution in [0.4, 0.5) is 17.1 Å². The van der Waals surface area contributed by atoms with E-state index in [-0.39, 0.29) is 23.5 Å². The number of carbonyl (C=O) groups excluding carboxylic acids is 2. The Morgan fingerprint density at radius 3 is 2.29 bits per heavy atom. The molecule has 2 N–H and O–H groups in total. The van der Waals surface area contributed by atoms with E-state index in [0.717, 1.165) is 5.69 Å². The molecule has 9 nitrogen and oxygen atoms in total. The summed E-state index contributed by atoms with van der Waals surface area (Å²) < 4.78 is 1.86. The van der Waals surface area contributed by atoms with Gasteiger partial charge in [-0.25, -0.2) is 0 Å². The van der Waals surface area contributed by atoms with Crippen molar-refractivity contribution in [3.8, 4) is 0 Å². The first kappa shape index (κ1) is 29.7. The molecule has 0 radical (unpaired) electrons. The SMILES string of the molecule is C=CCn1c(SCC(=O)Nc2ccc(N=Nc3ccccc3)cc2)nnc1C(NC(=O)c1ccccc1Cl)C(C)C. The van der Waals surface area contributed by atoms with Gasteiger partial charge in [0.1, 0.15) is 0 Å². The Balaban J connectivity index is 1.40. The van der Waals surface area contributed by atoms with Gasteiger partial charge in [-0.2, -0.15) is 10.2 Å². The zero-order chi connectivity index (χ0) is 29.2. The summed E-state index contributed by atoms with van der Waals surface area (Å²) >= 11 is 7.48. The maximum Gasteiger partial charge on any atom is 0.253 e. The Morgan fingerprint density at radius 2 is 1.63 bits per heavy atom. The van der Waals surface area contributed by atoms with Crippen molar-refractivity contribution in [1.82, 2.24) is 20.1 Å². The number of amides is 2. The van der Waals surface area contributed by atoms with E-state index in [2.05, 4.69) is 37.6 Å². The van der Waals surface area contributed by atoms with Gasteiger partial charge in [0, 0.05) is 12.2 Å². The molecule has 4 rings (SSSR count). The number of anilines is 1. The Bertz CT molecular complexity index is 1520. The maximum atomic E-state index is 13.0. The molecule has 11 heteroatoms. The van der Waals surface area contributed by atoms with Gasteiger partial charge in [0.25, 0.3) is 5.91 Å². The molecule has 1 heterocycles. The van der Waals surface area contributed by atoms with Crippen molar-refractivity contribution in [2.24, 2.45) is 16.1 Å². The van der Waals surface area contributed by atoms with E-state index in [1.54, 1.807) is 54.6 Å². The molecule has 1 aromatic heterocycles. The van der Waals surface area contributed by atoms with Gasteiger partial charge in [0.15, 0.2) is 11.0 Å². The number of nitrogens with zero attached hydrogens (tertiary/aromatic N) is 5. The molecule has 0 aliphatic rings. The van der Waals surface area contributed by atoms with Crippen molar-refractivity contribution in [1.29, 1.82) is 0 Å². The molecule has 0 spiro atoms. The van der Waals surface area contributed by atoms with E-state index in [1.165, 1.54) is 11.8 Å². The van der Waals surface area contributed by atoms with Crippen LogP contribution < -0.4 is 10.6 Å². The number of allylic oxidation sites excluding steroid dienone is 1. The molecule has 41 heavy (non-hydrogen) atoms. The van der Waals surface area contributed by atoms with Crippen LogP contribution in [0.5, 0.6) is 0 Å². The van der Waals surface area contributed by atoms with E-state index in [9.17, 15) is 9.59 Å². The Labute approximate surface area is 248 Å². The molecule has 3 aromatic carbocycles. The lowest BCUT2D eigenvalue weighted by molar-refractivity contribution is -0.113. The fourth-order valence-electron chi connectivity index (χ4n) is 3.88. The number of rotatable bonds is 12. The summed E-state index contributed by atoms with van der Waals surface area (Å²) in [5, 5.41) is 24.0. The quantitative estimate of drug-likeness (QED) is 0.102. The van der Waals surface area contributed by atoms with E-state index in [4.69, 9.17) is 11.6 Å². The van der Waals surface area contributed by atoms with Crippen LogP contribution in [0.1, 0.15) is 36.1 Å². The fourth-order valence-corrected chi connectivity index (χ4v) is 4.86. The van der Waals surface area contributed by atoms with Crippen LogP contribution in [0.2, 0.25) is 5.02 Å². The Morgan fingerprint density at radius 1 is 0.976 bits per heavy atom. The third kappa shape index (κ3) is 8.12. The Kier molecular flexibility index (Phi) is 10.4. The van der Waals surface area contributed by atoms with Crippen LogP contribution in [0.15, 0.2) is 107 Å². The lowest BCUT2D eigenvalue weighted by atomic mass is 10.0. The van der Waals surface area contributed by atoms with Crippen LogP contribution >= 0.6 is 23.4 Å². The number of nitrogens with one attached hydrogen (secondary N) is 2. The highest BCUT2D eigenvalue weighted by atomic mass is 35.5. The minimum absolute atomic E-state index is 0.00514. The first-order valence-corrected chi connectivity index (χ1v) is 14.3. The summed E-state index contributed by atoms with van der Waals surface area (Å²) in [5.74, 6) is 0.191. The summed E-state index contributed by atoms with van der Waals surface area (Å²) in [6.45, 7) is 8.23. The van der Waals surface area contributed by atoms with Gasteiger partial charge in [-0.15, -0.1) is 16.8 Å². The zero-order valence-electron chi connectivity index (χ0n) is 22.7. The van der Waals surface area contributed by atoms with Gasteiger partial charge in [0.2, 0.25) is 5.91 Å². The number of hydrogen-bond donors (Lipinski definition) is 2. The first-order valence-electron chi connectivity index (χ1n) is 12.9. The molecule has 0 saturated carbocycles. The second kappa shape index (κ2) is 14.4. The summed E-state index contributed by atoms with van der Waals surface area (Å²) in [7, 11) is 0. The molecule has 4 aromatic rings. The molecule has 1 atom stereocenters. The van der Waals surface area contributed by atoms with Gasteiger partial charge >= 0.3 is 0 Å². The topological polar surface area (TPSA) is 114 Å². The summed E-state index contributed by atoms with van der Waals surface area (Å²) in [6, 6.07) is 23.0. The molecule has 1 unspecified atom stereocenters. The Hall–Kier alpha value is -4.28. The van der Waals surface area contributed by atoms with Crippen LogP contribution in [0, 0.1) is 5.92 Å². The number of azo groups is 1. The average Bonchev–Trinajstić information content (AvgIpc) is 3.37.